The molecule has 2 aromatic rings. The van der Waals surface area contributed by atoms with Crippen molar-refractivity contribution in [1.82, 2.24) is 0 Å². The Balaban J connectivity index is 2.37. The minimum Gasteiger partial charge on any atom is -0.252 e. The third kappa shape index (κ3) is 4.00. The van der Waals surface area contributed by atoms with E-state index < -0.39 is 0 Å². The van der Waals surface area contributed by atoms with Crippen molar-refractivity contribution >= 4 is 11.4 Å². The van der Waals surface area contributed by atoms with E-state index in [0.29, 0.717) is 6.42 Å². The lowest BCUT2D eigenvalue weighted by Gasteiger charge is -2.23. The van der Waals surface area contributed by atoms with E-state index in [0.717, 1.165) is 22.5 Å². The van der Waals surface area contributed by atoms with Crippen LogP contribution in [0, 0.1) is 0 Å². The Morgan fingerprint density at radius 2 is 0.957 bits per heavy atom. The molecule has 0 aromatic heterocycles. The van der Waals surface area contributed by atoms with Crippen molar-refractivity contribution in [3.63, 3.8) is 0 Å². The molecule has 0 heterocycles. The standard InChI is InChI=1S/C17H22N2O4/c1-20-18(21-2)16-11-7-5-9-14(16)13-15-10-6-8-12-17(15)19(22-3)23-4/h5-12H,13H2,1-4H3. The first kappa shape index (κ1) is 17.2. The fraction of sp³-hybridized carbons (Fsp3) is 0.294. The first-order chi connectivity index (χ1) is 11.2. The van der Waals surface area contributed by atoms with Crippen LogP contribution >= 0.6 is 0 Å². The molecule has 0 fully saturated rings. The summed E-state index contributed by atoms with van der Waals surface area (Å²) in [5, 5.41) is 2.75. The average molecular weight is 318 g/mol. The van der Waals surface area contributed by atoms with Crippen LogP contribution in [-0.4, -0.2) is 28.4 Å². The zero-order valence-corrected chi connectivity index (χ0v) is 13.9. The molecule has 124 valence electrons. The van der Waals surface area contributed by atoms with Gasteiger partial charge in [-0.15, -0.1) is 10.5 Å². The van der Waals surface area contributed by atoms with E-state index in [1.165, 1.54) is 10.5 Å². The van der Waals surface area contributed by atoms with Crippen LogP contribution in [0.3, 0.4) is 0 Å². The summed E-state index contributed by atoms with van der Waals surface area (Å²) < 4.78 is 0. The van der Waals surface area contributed by atoms with E-state index in [-0.39, 0.29) is 0 Å². The summed E-state index contributed by atoms with van der Waals surface area (Å²) in [5.41, 5.74) is 3.79. The number of hydrogen-bond donors (Lipinski definition) is 0. The van der Waals surface area contributed by atoms with E-state index in [4.69, 9.17) is 19.4 Å². The van der Waals surface area contributed by atoms with Gasteiger partial charge in [0.2, 0.25) is 0 Å². The second-order valence-electron chi connectivity index (χ2n) is 4.68. The second kappa shape index (κ2) is 8.50. The third-order valence-corrected chi connectivity index (χ3v) is 3.42. The molecular formula is C17H22N2O4. The number of benzene rings is 2. The summed E-state index contributed by atoms with van der Waals surface area (Å²) in [7, 11) is 6.25. The lowest BCUT2D eigenvalue weighted by atomic mass is 10.0. The van der Waals surface area contributed by atoms with Crippen LogP contribution in [0.2, 0.25) is 0 Å². The van der Waals surface area contributed by atoms with Crippen molar-refractivity contribution in [3.05, 3.63) is 59.7 Å². The molecule has 2 aromatic carbocycles. The normalized spacial score (nSPS) is 10.6. The van der Waals surface area contributed by atoms with Crippen molar-refractivity contribution in [2.45, 2.75) is 6.42 Å². The average Bonchev–Trinajstić information content (AvgIpc) is 2.60. The zero-order chi connectivity index (χ0) is 16.7. The van der Waals surface area contributed by atoms with Crippen LogP contribution in [0.15, 0.2) is 48.5 Å². The predicted molar refractivity (Wildman–Crippen MR) is 88.7 cm³/mol. The maximum absolute atomic E-state index is 5.24. The molecule has 0 saturated carbocycles. The Morgan fingerprint density at radius 1 is 0.609 bits per heavy atom. The summed E-state index contributed by atoms with van der Waals surface area (Å²) in [4.78, 5) is 20.9. The summed E-state index contributed by atoms with van der Waals surface area (Å²) >= 11 is 0. The second-order valence-corrected chi connectivity index (χ2v) is 4.68. The highest BCUT2D eigenvalue weighted by atomic mass is 16.9. The summed E-state index contributed by atoms with van der Waals surface area (Å²) in [5.74, 6) is 0. The minimum absolute atomic E-state index is 0.665. The lowest BCUT2D eigenvalue weighted by Crippen LogP contribution is -2.22. The fourth-order valence-corrected chi connectivity index (χ4v) is 2.42. The molecule has 6 heteroatoms. The molecule has 6 nitrogen and oxygen atoms in total. The van der Waals surface area contributed by atoms with E-state index in [9.17, 15) is 0 Å². The topological polar surface area (TPSA) is 43.4 Å². The predicted octanol–water partition coefficient (Wildman–Crippen LogP) is 3.14. The maximum atomic E-state index is 5.24. The lowest BCUT2D eigenvalue weighted by molar-refractivity contribution is -0.0439. The van der Waals surface area contributed by atoms with Crippen LogP contribution in [0.4, 0.5) is 11.4 Å². The zero-order valence-electron chi connectivity index (χ0n) is 13.9. The molecule has 0 spiro atoms. The molecule has 2 rings (SSSR count). The monoisotopic (exact) mass is 318 g/mol. The van der Waals surface area contributed by atoms with Crippen molar-refractivity contribution in [2.24, 2.45) is 0 Å². The number of anilines is 2. The number of nitrogens with zero attached hydrogens (tertiary/aromatic N) is 2. The van der Waals surface area contributed by atoms with Gasteiger partial charge in [0, 0.05) is 6.42 Å². The summed E-state index contributed by atoms with van der Waals surface area (Å²) in [6.07, 6.45) is 0.665. The molecule has 0 aliphatic rings. The maximum Gasteiger partial charge on any atom is 0.0982 e. The van der Waals surface area contributed by atoms with E-state index in [2.05, 4.69) is 0 Å². The van der Waals surface area contributed by atoms with Gasteiger partial charge in [-0.2, -0.15) is 0 Å². The highest BCUT2D eigenvalue weighted by molar-refractivity contribution is 5.57. The van der Waals surface area contributed by atoms with Crippen molar-refractivity contribution in [1.29, 1.82) is 0 Å². The molecule has 0 radical (unpaired) electrons. The molecule has 0 amide bonds. The number of hydrogen-bond acceptors (Lipinski definition) is 6. The Morgan fingerprint density at radius 3 is 1.30 bits per heavy atom. The van der Waals surface area contributed by atoms with Gasteiger partial charge < -0.3 is 0 Å². The van der Waals surface area contributed by atoms with Gasteiger partial charge in [0.05, 0.1) is 39.8 Å². The molecule has 0 aliphatic heterocycles. The van der Waals surface area contributed by atoms with Crippen molar-refractivity contribution < 1.29 is 19.4 Å². The highest BCUT2D eigenvalue weighted by Crippen LogP contribution is 2.28. The Kier molecular flexibility index (Phi) is 6.37. The van der Waals surface area contributed by atoms with Gasteiger partial charge in [0.15, 0.2) is 0 Å². The van der Waals surface area contributed by atoms with E-state index >= 15 is 0 Å². The Bertz CT molecular complexity index is 560. The Labute approximate surface area is 136 Å². The van der Waals surface area contributed by atoms with Gasteiger partial charge in [0.25, 0.3) is 0 Å². The molecule has 0 saturated heterocycles. The quantitative estimate of drug-likeness (QED) is 0.697. The largest absolute Gasteiger partial charge is 0.252 e. The van der Waals surface area contributed by atoms with Crippen molar-refractivity contribution in [2.75, 3.05) is 38.9 Å². The molecule has 0 N–H and O–H groups in total. The van der Waals surface area contributed by atoms with Gasteiger partial charge in [-0.05, 0) is 23.3 Å². The summed E-state index contributed by atoms with van der Waals surface area (Å²) in [6, 6.07) is 15.8. The van der Waals surface area contributed by atoms with Gasteiger partial charge in [-0.3, -0.25) is 19.4 Å². The first-order valence-electron chi connectivity index (χ1n) is 7.17. The van der Waals surface area contributed by atoms with Crippen LogP contribution in [0.1, 0.15) is 11.1 Å². The van der Waals surface area contributed by atoms with E-state index in [1.54, 1.807) is 28.4 Å². The van der Waals surface area contributed by atoms with Crippen LogP contribution in [0.25, 0.3) is 0 Å². The molecule has 0 unspecified atom stereocenters. The number of rotatable bonds is 8. The van der Waals surface area contributed by atoms with Gasteiger partial charge >= 0.3 is 0 Å². The van der Waals surface area contributed by atoms with Crippen LogP contribution in [0.5, 0.6) is 0 Å². The highest BCUT2D eigenvalue weighted by Gasteiger charge is 2.15. The minimum atomic E-state index is 0.665. The van der Waals surface area contributed by atoms with Crippen LogP contribution < -0.4 is 10.5 Å². The van der Waals surface area contributed by atoms with Crippen LogP contribution in [-0.2, 0) is 25.8 Å². The molecule has 0 bridgehead atoms. The molecule has 23 heavy (non-hydrogen) atoms. The molecule has 0 aliphatic carbocycles. The van der Waals surface area contributed by atoms with Gasteiger partial charge in [-0.25, -0.2) is 0 Å². The van der Waals surface area contributed by atoms with Crippen molar-refractivity contribution in [3.8, 4) is 0 Å². The molecular weight excluding hydrogens is 296 g/mol. The SMILES string of the molecule is CON(OC)c1ccccc1Cc1ccccc1N(OC)OC. The fourth-order valence-electron chi connectivity index (χ4n) is 2.42. The van der Waals surface area contributed by atoms with Gasteiger partial charge in [0.1, 0.15) is 0 Å². The van der Waals surface area contributed by atoms with Gasteiger partial charge in [-0.1, -0.05) is 36.4 Å². The number of para-hydroxylation sites is 2. The van der Waals surface area contributed by atoms with E-state index in [1.807, 2.05) is 48.5 Å². The third-order valence-electron chi connectivity index (χ3n) is 3.42. The smallest absolute Gasteiger partial charge is 0.0982 e. The summed E-state index contributed by atoms with van der Waals surface area (Å²) in [6.45, 7) is 0. The molecule has 0 atom stereocenters. The Hall–Kier alpha value is -2.12. The first-order valence-corrected chi connectivity index (χ1v) is 7.17.